The molecule has 0 aliphatic rings. The van der Waals surface area contributed by atoms with Gasteiger partial charge in [0.2, 0.25) is 5.95 Å². The van der Waals surface area contributed by atoms with Crippen LogP contribution in [0.25, 0.3) is 0 Å². The Hall–Kier alpha value is -3.32. The van der Waals surface area contributed by atoms with Gasteiger partial charge in [-0.3, -0.25) is 4.79 Å². The minimum Gasteiger partial charge on any atom is -0.497 e. The third kappa shape index (κ3) is 4.50. The van der Waals surface area contributed by atoms with Crippen molar-refractivity contribution in [3.8, 4) is 11.5 Å². The largest absolute Gasteiger partial charge is 0.497 e. The maximum absolute atomic E-state index is 12.6. The van der Waals surface area contributed by atoms with Gasteiger partial charge in [0.25, 0.3) is 5.91 Å². The second-order valence-corrected chi connectivity index (χ2v) is 6.31. The second kappa shape index (κ2) is 8.58. The first-order valence-corrected chi connectivity index (χ1v) is 8.77. The van der Waals surface area contributed by atoms with Gasteiger partial charge in [-0.15, -0.1) is 0 Å². The highest BCUT2D eigenvalue weighted by Crippen LogP contribution is 2.29. The lowest BCUT2D eigenvalue weighted by Gasteiger charge is -2.12. The van der Waals surface area contributed by atoms with Crippen LogP contribution in [0.15, 0.2) is 48.7 Å². The molecule has 0 aliphatic carbocycles. The normalized spacial score (nSPS) is 10.3. The molecular weight excluding hydrogens is 380 g/mol. The van der Waals surface area contributed by atoms with Crippen molar-refractivity contribution in [3.05, 3.63) is 64.9 Å². The molecule has 3 aromatic rings. The average molecular weight is 399 g/mol. The Bertz CT molecular complexity index is 1010. The highest BCUT2D eigenvalue weighted by molar-refractivity contribution is 6.30. The van der Waals surface area contributed by atoms with Gasteiger partial charge in [0.05, 0.1) is 19.9 Å². The van der Waals surface area contributed by atoms with E-state index in [1.165, 1.54) is 19.4 Å². The van der Waals surface area contributed by atoms with Crippen LogP contribution in [0.3, 0.4) is 0 Å². The first-order chi connectivity index (χ1) is 13.5. The maximum Gasteiger partial charge on any atom is 0.274 e. The van der Waals surface area contributed by atoms with Gasteiger partial charge in [-0.05, 0) is 42.8 Å². The number of ether oxygens (including phenoxy) is 2. The number of nitrogens with one attached hydrogen (secondary N) is 2. The number of halogens is 1. The number of anilines is 3. The van der Waals surface area contributed by atoms with Gasteiger partial charge in [0, 0.05) is 23.0 Å². The number of aryl methyl sites for hydroxylation is 1. The van der Waals surface area contributed by atoms with Crippen LogP contribution in [-0.4, -0.2) is 30.1 Å². The van der Waals surface area contributed by atoms with Crippen LogP contribution in [0.4, 0.5) is 17.3 Å². The standard InChI is InChI=1S/C20H19ClN4O3/c1-12-4-5-13(21)10-17(12)25-20-22-9-8-16(24-20)19(26)23-15-7-6-14(27-2)11-18(15)28-3/h4-11H,1-3H3,(H,23,26)(H,22,24,25). The molecule has 0 saturated carbocycles. The Morgan fingerprint density at radius 3 is 2.61 bits per heavy atom. The summed E-state index contributed by atoms with van der Waals surface area (Å²) in [6, 6.07) is 12.1. The van der Waals surface area contributed by atoms with Gasteiger partial charge in [-0.25, -0.2) is 9.97 Å². The Morgan fingerprint density at radius 2 is 1.86 bits per heavy atom. The highest BCUT2D eigenvalue weighted by atomic mass is 35.5. The van der Waals surface area contributed by atoms with Gasteiger partial charge >= 0.3 is 0 Å². The highest BCUT2D eigenvalue weighted by Gasteiger charge is 2.13. The molecule has 0 aliphatic heterocycles. The molecule has 144 valence electrons. The van der Waals surface area contributed by atoms with Crippen molar-refractivity contribution in [2.24, 2.45) is 0 Å². The summed E-state index contributed by atoms with van der Waals surface area (Å²) in [5, 5.41) is 6.46. The predicted octanol–water partition coefficient (Wildman–Crippen LogP) is 4.45. The van der Waals surface area contributed by atoms with E-state index < -0.39 is 5.91 Å². The number of methoxy groups -OCH3 is 2. The Morgan fingerprint density at radius 1 is 1.04 bits per heavy atom. The van der Waals surface area contributed by atoms with Crippen LogP contribution in [0.2, 0.25) is 5.02 Å². The number of hydrogen-bond donors (Lipinski definition) is 2. The maximum atomic E-state index is 12.6. The molecule has 0 bridgehead atoms. The van der Waals surface area contributed by atoms with Gasteiger partial charge in [-0.2, -0.15) is 0 Å². The first kappa shape index (κ1) is 19.4. The molecule has 7 nitrogen and oxygen atoms in total. The second-order valence-electron chi connectivity index (χ2n) is 5.87. The predicted molar refractivity (Wildman–Crippen MR) is 109 cm³/mol. The van der Waals surface area contributed by atoms with Crippen LogP contribution < -0.4 is 20.1 Å². The number of rotatable bonds is 6. The molecule has 28 heavy (non-hydrogen) atoms. The number of carbonyl (C=O) groups is 1. The van der Waals surface area contributed by atoms with Crippen molar-refractivity contribution < 1.29 is 14.3 Å². The van der Waals surface area contributed by atoms with Crippen molar-refractivity contribution in [2.45, 2.75) is 6.92 Å². The summed E-state index contributed by atoms with van der Waals surface area (Å²) < 4.78 is 10.5. The van der Waals surface area contributed by atoms with Crippen LogP contribution in [0.1, 0.15) is 16.1 Å². The average Bonchev–Trinajstić information content (AvgIpc) is 2.71. The van der Waals surface area contributed by atoms with Crippen molar-refractivity contribution in [3.63, 3.8) is 0 Å². The molecular formula is C20H19ClN4O3. The minimum atomic E-state index is -0.392. The molecule has 1 aromatic heterocycles. The number of aromatic nitrogens is 2. The third-order valence-electron chi connectivity index (χ3n) is 3.99. The Labute approximate surface area is 167 Å². The lowest BCUT2D eigenvalue weighted by Crippen LogP contribution is -2.15. The summed E-state index contributed by atoms with van der Waals surface area (Å²) in [6.45, 7) is 1.94. The number of amides is 1. The number of carbonyl (C=O) groups excluding carboxylic acids is 1. The Kier molecular flexibility index (Phi) is 5.96. The zero-order chi connectivity index (χ0) is 20.1. The number of nitrogens with zero attached hydrogens (tertiary/aromatic N) is 2. The van der Waals surface area contributed by atoms with Gasteiger partial charge in [-0.1, -0.05) is 17.7 Å². The number of benzene rings is 2. The molecule has 8 heteroatoms. The molecule has 0 saturated heterocycles. The molecule has 0 fully saturated rings. The van der Waals surface area contributed by atoms with E-state index in [9.17, 15) is 4.79 Å². The van der Waals surface area contributed by atoms with Crippen molar-refractivity contribution in [1.29, 1.82) is 0 Å². The molecule has 1 heterocycles. The lowest BCUT2D eigenvalue weighted by atomic mass is 10.2. The SMILES string of the molecule is COc1ccc(NC(=O)c2ccnc(Nc3cc(Cl)ccc3C)n2)c(OC)c1. The molecule has 2 aromatic carbocycles. The zero-order valence-electron chi connectivity index (χ0n) is 15.6. The summed E-state index contributed by atoms with van der Waals surface area (Å²) in [6.07, 6.45) is 1.51. The Balaban J connectivity index is 1.80. The topological polar surface area (TPSA) is 85.4 Å². The third-order valence-corrected chi connectivity index (χ3v) is 4.23. The smallest absolute Gasteiger partial charge is 0.274 e. The summed E-state index contributed by atoms with van der Waals surface area (Å²) in [5.41, 5.74) is 2.45. The van der Waals surface area contributed by atoms with E-state index in [2.05, 4.69) is 20.6 Å². The molecule has 2 N–H and O–H groups in total. The van der Waals surface area contributed by atoms with Crippen LogP contribution in [-0.2, 0) is 0 Å². The van der Waals surface area contributed by atoms with Crippen molar-refractivity contribution in [2.75, 3.05) is 24.9 Å². The van der Waals surface area contributed by atoms with Crippen molar-refractivity contribution in [1.82, 2.24) is 9.97 Å². The lowest BCUT2D eigenvalue weighted by molar-refractivity contribution is 0.102. The van der Waals surface area contributed by atoms with Crippen LogP contribution in [0, 0.1) is 6.92 Å². The van der Waals surface area contributed by atoms with Crippen LogP contribution in [0.5, 0.6) is 11.5 Å². The number of hydrogen-bond acceptors (Lipinski definition) is 6. The molecule has 3 rings (SSSR count). The summed E-state index contributed by atoms with van der Waals surface area (Å²) in [7, 11) is 3.08. The zero-order valence-corrected chi connectivity index (χ0v) is 16.4. The van der Waals surface area contributed by atoms with E-state index >= 15 is 0 Å². The quantitative estimate of drug-likeness (QED) is 0.638. The molecule has 0 atom stereocenters. The summed E-state index contributed by atoms with van der Waals surface area (Å²) in [5.74, 6) is 1.01. The fourth-order valence-electron chi connectivity index (χ4n) is 2.48. The summed E-state index contributed by atoms with van der Waals surface area (Å²) in [4.78, 5) is 21.1. The molecule has 0 spiro atoms. The van der Waals surface area contributed by atoms with E-state index in [0.717, 1.165) is 11.3 Å². The van der Waals surface area contributed by atoms with E-state index in [1.807, 2.05) is 13.0 Å². The summed E-state index contributed by atoms with van der Waals surface area (Å²) >= 11 is 6.04. The fourth-order valence-corrected chi connectivity index (χ4v) is 2.65. The fraction of sp³-hybridized carbons (Fsp3) is 0.150. The van der Waals surface area contributed by atoms with Crippen molar-refractivity contribution >= 4 is 34.8 Å². The molecule has 0 radical (unpaired) electrons. The van der Waals surface area contributed by atoms with E-state index in [4.69, 9.17) is 21.1 Å². The van der Waals surface area contributed by atoms with Gasteiger partial charge in [0.15, 0.2) is 0 Å². The molecule has 0 unspecified atom stereocenters. The monoisotopic (exact) mass is 398 g/mol. The van der Waals surface area contributed by atoms with Gasteiger partial charge < -0.3 is 20.1 Å². The van der Waals surface area contributed by atoms with E-state index in [-0.39, 0.29) is 5.69 Å². The van der Waals surface area contributed by atoms with Crippen LogP contribution >= 0.6 is 11.6 Å². The van der Waals surface area contributed by atoms with E-state index in [0.29, 0.717) is 28.2 Å². The molecule has 1 amide bonds. The van der Waals surface area contributed by atoms with Gasteiger partial charge in [0.1, 0.15) is 17.2 Å². The van der Waals surface area contributed by atoms with E-state index in [1.54, 1.807) is 37.4 Å². The first-order valence-electron chi connectivity index (χ1n) is 8.39. The minimum absolute atomic E-state index is 0.204.